The molecule has 0 unspecified atom stereocenters. The summed E-state index contributed by atoms with van der Waals surface area (Å²) in [6.45, 7) is 1.54. The summed E-state index contributed by atoms with van der Waals surface area (Å²) in [5.41, 5.74) is 0.444. The van der Waals surface area contributed by atoms with Crippen LogP contribution in [0.5, 0.6) is 0 Å². The SMILES string of the molecule is Cc1ccc(S(=O)(=O)NCc2ccno2)cc1C(=O)O. The summed E-state index contributed by atoms with van der Waals surface area (Å²) in [4.78, 5) is 10.9. The summed E-state index contributed by atoms with van der Waals surface area (Å²) in [6, 6.07) is 5.46. The molecule has 0 amide bonds. The maximum Gasteiger partial charge on any atom is 0.335 e. The van der Waals surface area contributed by atoms with Crippen LogP contribution >= 0.6 is 0 Å². The molecule has 0 bridgehead atoms. The molecule has 0 aliphatic heterocycles. The molecular formula is C12H12N2O5S. The molecule has 8 heteroatoms. The van der Waals surface area contributed by atoms with Gasteiger partial charge in [0.05, 0.1) is 23.2 Å². The normalized spacial score (nSPS) is 11.4. The van der Waals surface area contributed by atoms with Gasteiger partial charge in [0.1, 0.15) is 0 Å². The van der Waals surface area contributed by atoms with Crippen molar-refractivity contribution in [2.75, 3.05) is 0 Å². The lowest BCUT2D eigenvalue weighted by Crippen LogP contribution is -2.23. The minimum absolute atomic E-state index is 0.0486. The van der Waals surface area contributed by atoms with E-state index in [2.05, 4.69) is 9.88 Å². The lowest BCUT2D eigenvalue weighted by molar-refractivity contribution is 0.0696. The monoisotopic (exact) mass is 296 g/mol. The Balaban J connectivity index is 2.25. The van der Waals surface area contributed by atoms with Crippen LogP contribution in [0.2, 0.25) is 0 Å². The first-order chi connectivity index (χ1) is 9.40. The fourth-order valence-corrected chi connectivity index (χ4v) is 2.60. The third-order valence-corrected chi connectivity index (χ3v) is 4.08. The topological polar surface area (TPSA) is 110 Å². The first kappa shape index (κ1) is 14.2. The van der Waals surface area contributed by atoms with E-state index in [9.17, 15) is 13.2 Å². The largest absolute Gasteiger partial charge is 0.478 e. The molecule has 2 aromatic rings. The Bertz CT molecular complexity index is 722. The predicted octanol–water partition coefficient (Wildman–Crippen LogP) is 1.16. The molecular weight excluding hydrogens is 284 g/mol. The van der Waals surface area contributed by atoms with Crippen LogP contribution in [0.4, 0.5) is 0 Å². The minimum atomic E-state index is -3.81. The number of carboxylic acids is 1. The highest BCUT2D eigenvalue weighted by atomic mass is 32.2. The zero-order chi connectivity index (χ0) is 14.8. The molecule has 0 saturated carbocycles. The fraction of sp³-hybridized carbons (Fsp3) is 0.167. The number of nitrogens with zero attached hydrogens (tertiary/aromatic N) is 1. The second kappa shape index (κ2) is 5.43. The molecule has 0 radical (unpaired) electrons. The molecule has 0 aliphatic rings. The first-order valence-electron chi connectivity index (χ1n) is 5.63. The van der Waals surface area contributed by atoms with Gasteiger partial charge in [0.2, 0.25) is 10.0 Å². The fourth-order valence-electron chi connectivity index (χ4n) is 1.58. The molecule has 2 rings (SSSR count). The maximum absolute atomic E-state index is 12.0. The summed E-state index contributed by atoms with van der Waals surface area (Å²) in [5, 5.41) is 12.5. The van der Waals surface area contributed by atoms with Gasteiger partial charge in [0.25, 0.3) is 0 Å². The Labute approximate surface area is 115 Å². The van der Waals surface area contributed by atoms with Gasteiger partial charge in [-0.25, -0.2) is 17.9 Å². The molecule has 0 aliphatic carbocycles. The van der Waals surface area contributed by atoms with Crippen molar-refractivity contribution in [1.82, 2.24) is 9.88 Å². The lowest BCUT2D eigenvalue weighted by Gasteiger charge is -2.07. The smallest absolute Gasteiger partial charge is 0.335 e. The van der Waals surface area contributed by atoms with E-state index in [4.69, 9.17) is 9.63 Å². The highest BCUT2D eigenvalue weighted by Gasteiger charge is 2.18. The van der Waals surface area contributed by atoms with Crippen LogP contribution in [0.1, 0.15) is 21.7 Å². The van der Waals surface area contributed by atoms with Crippen LogP contribution in [-0.2, 0) is 16.6 Å². The number of aromatic carboxylic acids is 1. The minimum Gasteiger partial charge on any atom is -0.478 e. The van der Waals surface area contributed by atoms with Crippen LogP contribution in [0.25, 0.3) is 0 Å². The zero-order valence-corrected chi connectivity index (χ0v) is 11.3. The van der Waals surface area contributed by atoms with Gasteiger partial charge in [-0.2, -0.15) is 0 Å². The molecule has 1 heterocycles. The van der Waals surface area contributed by atoms with Crippen LogP contribution in [0.15, 0.2) is 39.9 Å². The second-order valence-electron chi connectivity index (χ2n) is 4.09. The van der Waals surface area contributed by atoms with Crippen molar-refractivity contribution in [2.45, 2.75) is 18.4 Å². The Morgan fingerprint density at radius 2 is 2.15 bits per heavy atom. The second-order valence-corrected chi connectivity index (χ2v) is 5.85. The van der Waals surface area contributed by atoms with E-state index in [0.717, 1.165) is 6.07 Å². The van der Waals surface area contributed by atoms with E-state index in [0.29, 0.717) is 11.3 Å². The highest BCUT2D eigenvalue weighted by Crippen LogP contribution is 2.16. The molecule has 20 heavy (non-hydrogen) atoms. The van der Waals surface area contributed by atoms with Gasteiger partial charge in [-0.3, -0.25) is 0 Å². The molecule has 7 nitrogen and oxygen atoms in total. The average molecular weight is 296 g/mol. The van der Waals surface area contributed by atoms with Gasteiger partial charge in [-0.05, 0) is 24.6 Å². The number of nitrogens with one attached hydrogen (secondary N) is 1. The number of aryl methyl sites for hydroxylation is 1. The van der Waals surface area contributed by atoms with Crippen molar-refractivity contribution >= 4 is 16.0 Å². The van der Waals surface area contributed by atoms with Crippen LogP contribution in [0, 0.1) is 6.92 Å². The van der Waals surface area contributed by atoms with Crippen molar-refractivity contribution in [2.24, 2.45) is 0 Å². The van der Waals surface area contributed by atoms with Crippen LogP contribution in [-0.4, -0.2) is 24.7 Å². The number of hydrogen-bond acceptors (Lipinski definition) is 5. The summed E-state index contributed by atoms with van der Waals surface area (Å²) in [5.74, 6) is -0.811. The van der Waals surface area contributed by atoms with Gasteiger partial charge >= 0.3 is 5.97 Å². The standard InChI is InChI=1S/C12H12N2O5S/c1-8-2-3-10(6-11(8)12(15)16)20(17,18)14-7-9-4-5-13-19-9/h2-6,14H,7H2,1H3,(H,15,16). The lowest BCUT2D eigenvalue weighted by atomic mass is 10.1. The number of aromatic nitrogens is 1. The summed E-state index contributed by atoms with van der Waals surface area (Å²) >= 11 is 0. The van der Waals surface area contributed by atoms with Gasteiger partial charge in [0, 0.05) is 6.07 Å². The van der Waals surface area contributed by atoms with E-state index in [1.54, 1.807) is 6.92 Å². The number of sulfonamides is 1. The molecule has 1 aromatic carbocycles. The number of benzene rings is 1. The molecule has 0 fully saturated rings. The van der Waals surface area contributed by atoms with Crippen molar-refractivity contribution in [3.05, 3.63) is 47.3 Å². The number of hydrogen-bond donors (Lipinski definition) is 2. The molecule has 0 spiro atoms. The maximum atomic E-state index is 12.0. The average Bonchev–Trinajstić information content (AvgIpc) is 2.89. The van der Waals surface area contributed by atoms with Crippen molar-refractivity contribution in [3.8, 4) is 0 Å². The Morgan fingerprint density at radius 1 is 1.40 bits per heavy atom. The summed E-state index contributed by atoms with van der Waals surface area (Å²) in [7, 11) is -3.81. The first-order valence-corrected chi connectivity index (χ1v) is 7.11. The summed E-state index contributed by atoms with van der Waals surface area (Å²) < 4.78 is 31.2. The number of carbonyl (C=O) groups is 1. The van der Waals surface area contributed by atoms with E-state index in [1.165, 1.54) is 24.4 Å². The number of rotatable bonds is 5. The van der Waals surface area contributed by atoms with E-state index in [-0.39, 0.29) is 17.0 Å². The van der Waals surface area contributed by atoms with E-state index < -0.39 is 16.0 Å². The molecule has 2 N–H and O–H groups in total. The van der Waals surface area contributed by atoms with E-state index in [1.807, 2.05) is 0 Å². The Kier molecular flexibility index (Phi) is 3.86. The van der Waals surface area contributed by atoms with E-state index >= 15 is 0 Å². The predicted molar refractivity (Wildman–Crippen MR) is 68.7 cm³/mol. The van der Waals surface area contributed by atoms with Crippen molar-refractivity contribution < 1.29 is 22.8 Å². The zero-order valence-electron chi connectivity index (χ0n) is 10.5. The van der Waals surface area contributed by atoms with Gasteiger partial charge in [-0.1, -0.05) is 11.2 Å². The molecule has 106 valence electrons. The van der Waals surface area contributed by atoms with Gasteiger partial charge in [-0.15, -0.1) is 0 Å². The van der Waals surface area contributed by atoms with Crippen LogP contribution < -0.4 is 4.72 Å². The molecule has 0 saturated heterocycles. The Morgan fingerprint density at radius 3 is 2.75 bits per heavy atom. The highest BCUT2D eigenvalue weighted by molar-refractivity contribution is 7.89. The van der Waals surface area contributed by atoms with Gasteiger partial charge < -0.3 is 9.63 Å². The molecule has 1 aromatic heterocycles. The Hall–Kier alpha value is -2.19. The van der Waals surface area contributed by atoms with Crippen LogP contribution in [0.3, 0.4) is 0 Å². The van der Waals surface area contributed by atoms with Gasteiger partial charge in [0.15, 0.2) is 5.76 Å². The summed E-state index contributed by atoms with van der Waals surface area (Å²) in [6.07, 6.45) is 1.40. The third kappa shape index (κ3) is 3.03. The quantitative estimate of drug-likeness (QED) is 0.856. The number of carboxylic acid groups (broad SMARTS) is 1. The molecule has 0 atom stereocenters. The van der Waals surface area contributed by atoms with Crippen molar-refractivity contribution in [3.63, 3.8) is 0 Å². The van der Waals surface area contributed by atoms with Crippen molar-refractivity contribution in [1.29, 1.82) is 0 Å². The third-order valence-electron chi connectivity index (χ3n) is 2.68.